The molecule has 0 saturated heterocycles. The Bertz CT molecular complexity index is 455. The van der Waals surface area contributed by atoms with Crippen molar-refractivity contribution in [2.75, 3.05) is 0 Å². The predicted octanol–water partition coefficient (Wildman–Crippen LogP) is 4.47. The summed E-state index contributed by atoms with van der Waals surface area (Å²) in [5.74, 6) is 0.798. The lowest BCUT2D eigenvalue weighted by Gasteiger charge is -2.10. The summed E-state index contributed by atoms with van der Waals surface area (Å²) in [5.41, 5.74) is 4.09. The van der Waals surface area contributed by atoms with Gasteiger partial charge in [-0.2, -0.15) is 0 Å². The molecular weight excluding hydrogens is 214 g/mol. The van der Waals surface area contributed by atoms with Crippen LogP contribution in [0.25, 0.3) is 11.1 Å². The Morgan fingerprint density at radius 2 is 2.00 bits per heavy atom. The summed E-state index contributed by atoms with van der Waals surface area (Å²) in [6, 6.07) is 8.99. The van der Waals surface area contributed by atoms with Crippen molar-refractivity contribution in [3.63, 3.8) is 0 Å². The second kappa shape index (κ2) is 4.38. The van der Waals surface area contributed by atoms with Gasteiger partial charge < -0.3 is 0 Å². The Morgan fingerprint density at radius 3 is 2.75 bits per heavy atom. The van der Waals surface area contributed by atoms with Crippen LogP contribution in [0.5, 0.6) is 0 Å². The van der Waals surface area contributed by atoms with E-state index in [2.05, 4.69) is 34.0 Å². The van der Waals surface area contributed by atoms with Crippen LogP contribution in [0.4, 0.5) is 0 Å². The van der Waals surface area contributed by atoms with E-state index in [1.54, 1.807) is 0 Å². The van der Waals surface area contributed by atoms with Gasteiger partial charge in [0.05, 0.1) is 0 Å². The summed E-state index contributed by atoms with van der Waals surface area (Å²) < 4.78 is 4.17. The molecule has 0 amide bonds. The largest absolute Gasteiger partial charge is 0.201 e. The molecule has 1 fully saturated rings. The zero-order chi connectivity index (χ0) is 10.8. The van der Waals surface area contributed by atoms with Gasteiger partial charge >= 0.3 is 0 Å². The normalized spacial score (nSPS) is 16.8. The number of rotatable bonds is 2. The van der Waals surface area contributed by atoms with Gasteiger partial charge in [0.25, 0.3) is 0 Å². The smallest absolute Gasteiger partial charge is 0.0485 e. The van der Waals surface area contributed by atoms with Gasteiger partial charge in [0.1, 0.15) is 0 Å². The minimum Gasteiger partial charge on any atom is -0.201 e. The van der Waals surface area contributed by atoms with Gasteiger partial charge in [-0.15, -0.1) is 0 Å². The Hall–Kier alpha value is -1.15. The summed E-state index contributed by atoms with van der Waals surface area (Å²) in [4.78, 5) is 0. The lowest BCUT2D eigenvalue weighted by molar-refractivity contribution is 0.723. The van der Waals surface area contributed by atoms with Crippen molar-refractivity contribution in [2.24, 2.45) is 0 Å². The number of benzene rings is 1. The van der Waals surface area contributed by atoms with Crippen LogP contribution in [0, 0.1) is 0 Å². The molecule has 82 valence electrons. The molecule has 1 heterocycles. The number of hydrogen-bond acceptors (Lipinski definition) is 2. The molecule has 0 bridgehead atoms. The Morgan fingerprint density at radius 1 is 1.12 bits per heavy atom. The van der Waals surface area contributed by atoms with E-state index in [4.69, 9.17) is 0 Å². The first kappa shape index (κ1) is 10.0. The minimum absolute atomic E-state index is 0.798. The molecule has 2 heteroatoms. The van der Waals surface area contributed by atoms with Crippen molar-refractivity contribution in [3.05, 3.63) is 41.4 Å². The third-order valence-corrected chi connectivity index (χ3v) is 4.07. The highest BCUT2D eigenvalue weighted by molar-refractivity contribution is 7.03. The maximum absolute atomic E-state index is 4.17. The van der Waals surface area contributed by atoms with Crippen LogP contribution in [0.1, 0.15) is 37.2 Å². The van der Waals surface area contributed by atoms with Crippen LogP contribution in [0.15, 0.2) is 35.8 Å². The molecule has 1 saturated carbocycles. The molecule has 16 heavy (non-hydrogen) atoms. The van der Waals surface area contributed by atoms with E-state index < -0.39 is 0 Å². The van der Waals surface area contributed by atoms with Gasteiger partial charge in [-0.3, -0.25) is 0 Å². The third-order valence-electron chi connectivity index (χ3n) is 3.48. The van der Waals surface area contributed by atoms with Gasteiger partial charge in [-0.25, -0.2) is 4.37 Å². The average Bonchev–Trinajstić information content (AvgIpc) is 3.03. The van der Waals surface area contributed by atoms with Gasteiger partial charge in [-0.1, -0.05) is 37.1 Å². The first-order chi connectivity index (χ1) is 7.93. The van der Waals surface area contributed by atoms with Crippen LogP contribution >= 0.6 is 11.5 Å². The molecule has 0 N–H and O–H groups in total. The molecule has 1 nitrogen and oxygen atoms in total. The quantitative estimate of drug-likeness (QED) is 0.740. The summed E-state index contributed by atoms with van der Waals surface area (Å²) in [6.07, 6.45) is 7.49. The molecule has 3 rings (SSSR count). The molecule has 1 aromatic heterocycles. The van der Waals surface area contributed by atoms with Gasteiger partial charge in [0.2, 0.25) is 0 Å². The van der Waals surface area contributed by atoms with Crippen LogP contribution in [0.2, 0.25) is 0 Å². The van der Waals surface area contributed by atoms with Crippen LogP contribution < -0.4 is 0 Å². The van der Waals surface area contributed by atoms with Crippen LogP contribution in [-0.2, 0) is 0 Å². The second-order valence-electron chi connectivity index (χ2n) is 4.52. The number of aromatic nitrogens is 1. The molecule has 1 aliphatic carbocycles. The first-order valence-electron chi connectivity index (χ1n) is 5.93. The highest BCUT2D eigenvalue weighted by Gasteiger charge is 2.17. The summed E-state index contributed by atoms with van der Waals surface area (Å²) >= 11 is 1.52. The van der Waals surface area contributed by atoms with Crippen molar-refractivity contribution < 1.29 is 0 Å². The number of nitrogens with zero attached hydrogens (tertiary/aromatic N) is 1. The predicted molar refractivity (Wildman–Crippen MR) is 68.8 cm³/mol. The molecule has 0 atom stereocenters. The summed E-state index contributed by atoms with van der Waals surface area (Å²) in [5, 5.41) is 2.12. The highest BCUT2D eigenvalue weighted by Crippen LogP contribution is 2.35. The molecule has 2 aromatic rings. The third kappa shape index (κ3) is 1.90. The molecule has 1 aliphatic rings. The Balaban J connectivity index is 1.93. The monoisotopic (exact) mass is 229 g/mol. The zero-order valence-electron chi connectivity index (χ0n) is 9.23. The summed E-state index contributed by atoms with van der Waals surface area (Å²) in [7, 11) is 0. The van der Waals surface area contributed by atoms with E-state index >= 15 is 0 Å². The van der Waals surface area contributed by atoms with E-state index in [1.807, 2.05) is 6.20 Å². The van der Waals surface area contributed by atoms with E-state index in [0.717, 1.165) is 5.92 Å². The van der Waals surface area contributed by atoms with Gasteiger partial charge in [0.15, 0.2) is 0 Å². The molecule has 0 radical (unpaired) electrons. The lowest BCUT2D eigenvalue weighted by Crippen LogP contribution is -1.91. The Labute approximate surface area is 100 Å². The van der Waals surface area contributed by atoms with Gasteiger partial charge in [0, 0.05) is 17.1 Å². The van der Waals surface area contributed by atoms with Crippen LogP contribution in [-0.4, -0.2) is 4.37 Å². The molecule has 0 spiro atoms. The van der Waals surface area contributed by atoms with E-state index in [1.165, 1.54) is 53.9 Å². The van der Waals surface area contributed by atoms with Crippen molar-refractivity contribution in [3.8, 4) is 11.1 Å². The fourth-order valence-electron chi connectivity index (χ4n) is 2.58. The number of hydrogen-bond donors (Lipinski definition) is 0. The maximum atomic E-state index is 4.17. The van der Waals surface area contributed by atoms with Crippen LogP contribution in [0.3, 0.4) is 0 Å². The minimum atomic E-state index is 0.798. The van der Waals surface area contributed by atoms with Crippen molar-refractivity contribution in [2.45, 2.75) is 31.6 Å². The molecule has 0 aliphatic heterocycles. The van der Waals surface area contributed by atoms with E-state index in [-0.39, 0.29) is 0 Å². The van der Waals surface area contributed by atoms with Crippen molar-refractivity contribution >= 4 is 11.5 Å². The molecule has 1 aromatic carbocycles. The fraction of sp³-hybridized carbons (Fsp3) is 0.357. The SMILES string of the molecule is c1cc(-c2cnsc2)cc(C2CCCC2)c1. The average molecular weight is 229 g/mol. The molecular formula is C14H15NS. The lowest BCUT2D eigenvalue weighted by atomic mass is 9.95. The topological polar surface area (TPSA) is 12.9 Å². The Kier molecular flexibility index (Phi) is 2.75. The summed E-state index contributed by atoms with van der Waals surface area (Å²) in [6.45, 7) is 0. The highest BCUT2D eigenvalue weighted by atomic mass is 32.1. The molecule has 0 unspecified atom stereocenters. The van der Waals surface area contributed by atoms with Crippen molar-refractivity contribution in [1.82, 2.24) is 4.37 Å². The zero-order valence-corrected chi connectivity index (χ0v) is 10.0. The maximum Gasteiger partial charge on any atom is 0.0485 e. The van der Waals surface area contributed by atoms with E-state index in [9.17, 15) is 0 Å². The second-order valence-corrected chi connectivity index (χ2v) is 5.18. The first-order valence-corrected chi connectivity index (χ1v) is 6.77. The van der Waals surface area contributed by atoms with E-state index in [0.29, 0.717) is 0 Å². The fourth-order valence-corrected chi connectivity index (χ4v) is 3.12. The standard InChI is InChI=1S/C14H15NS/c1-2-5-11(4-1)12-6-3-7-13(8-12)14-9-15-16-10-14/h3,6-11H,1-2,4-5H2. The van der Waals surface area contributed by atoms with Crippen molar-refractivity contribution in [1.29, 1.82) is 0 Å². The van der Waals surface area contributed by atoms with Gasteiger partial charge in [-0.05, 0) is 41.4 Å².